The molecule has 7 heteroatoms. The summed E-state index contributed by atoms with van der Waals surface area (Å²) in [6.45, 7) is 4.30. The third-order valence-electron chi connectivity index (χ3n) is 9.00. The van der Waals surface area contributed by atoms with Crippen molar-refractivity contribution in [2.45, 2.75) is 64.8 Å². The number of aryl methyl sites for hydroxylation is 1. The first-order chi connectivity index (χ1) is 17.0. The smallest absolute Gasteiger partial charge is 0.259 e. The molecule has 3 aromatic rings. The van der Waals surface area contributed by atoms with Crippen molar-refractivity contribution in [1.29, 1.82) is 0 Å². The summed E-state index contributed by atoms with van der Waals surface area (Å²) in [4.78, 5) is 18.4. The summed E-state index contributed by atoms with van der Waals surface area (Å²) in [6, 6.07) is 7.69. The van der Waals surface area contributed by atoms with Crippen LogP contribution in [-0.4, -0.2) is 28.9 Å². The van der Waals surface area contributed by atoms with E-state index in [0.29, 0.717) is 33.9 Å². The highest BCUT2D eigenvalue weighted by Gasteiger charge is 2.54. The number of pyridine rings is 1. The molecule has 2 aromatic heterocycles. The van der Waals surface area contributed by atoms with Gasteiger partial charge in [-0.15, -0.1) is 0 Å². The van der Waals surface area contributed by atoms with Crippen LogP contribution < -0.4 is 14.8 Å². The second-order valence-corrected chi connectivity index (χ2v) is 11.3. The van der Waals surface area contributed by atoms with Crippen LogP contribution >= 0.6 is 0 Å². The molecule has 0 spiro atoms. The number of nitrogens with one attached hydrogen (secondary N) is 1. The van der Waals surface area contributed by atoms with Crippen LogP contribution in [0.2, 0.25) is 0 Å². The lowest BCUT2D eigenvalue weighted by Crippen LogP contribution is -2.56. The van der Waals surface area contributed by atoms with E-state index in [1.54, 1.807) is 0 Å². The van der Waals surface area contributed by atoms with Gasteiger partial charge in [-0.25, -0.2) is 4.98 Å². The number of aromatic nitrogens is 2. The SMILES string of the molecule is CC[C@@H](NC(=O)c1cc(C)nc2onc(-c3ccc4c(c3)OCO4)c12)C12CC3CC(CC(C3)C1)C2. The third-order valence-corrected chi connectivity index (χ3v) is 9.00. The zero-order valence-electron chi connectivity index (χ0n) is 20.3. The van der Waals surface area contributed by atoms with E-state index in [1.165, 1.54) is 38.5 Å². The Morgan fingerprint density at radius 2 is 1.80 bits per heavy atom. The standard InChI is InChI=1S/C28H31N3O4/c1-3-23(28-11-16-7-17(12-28)9-18(8-16)13-28)30-26(32)20-6-15(2)29-27-24(20)25(31-35-27)19-4-5-21-22(10-19)34-14-33-21/h4-6,10,16-18,23H,3,7-9,11-14H2,1-2H3,(H,30,32)/t16?,17?,18?,23-,28?/m1/s1. The van der Waals surface area contributed by atoms with Gasteiger partial charge >= 0.3 is 0 Å². The molecule has 1 N–H and O–H groups in total. The summed E-state index contributed by atoms with van der Waals surface area (Å²) in [5, 5.41) is 8.45. The molecule has 4 fully saturated rings. The Morgan fingerprint density at radius 1 is 1.09 bits per heavy atom. The van der Waals surface area contributed by atoms with Crippen molar-refractivity contribution >= 4 is 17.0 Å². The number of hydrogen-bond donors (Lipinski definition) is 1. The van der Waals surface area contributed by atoms with E-state index in [9.17, 15) is 4.79 Å². The number of nitrogens with zero attached hydrogens (tertiary/aromatic N) is 2. The average Bonchev–Trinajstić information content (AvgIpc) is 3.47. The Kier molecular flexibility index (Phi) is 4.67. The Morgan fingerprint density at radius 3 is 2.51 bits per heavy atom. The minimum absolute atomic E-state index is 0.0618. The number of carbonyl (C=O) groups excluding carboxylic acids is 1. The van der Waals surface area contributed by atoms with Crippen LogP contribution in [-0.2, 0) is 0 Å². The fraction of sp³-hybridized carbons (Fsp3) is 0.536. The maximum Gasteiger partial charge on any atom is 0.259 e. The van der Waals surface area contributed by atoms with Crippen molar-refractivity contribution in [3.63, 3.8) is 0 Å². The zero-order valence-corrected chi connectivity index (χ0v) is 20.3. The first-order valence-electron chi connectivity index (χ1n) is 13.0. The van der Waals surface area contributed by atoms with Gasteiger partial charge in [0, 0.05) is 17.3 Å². The quantitative estimate of drug-likeness (QED) is 0.515. The van der Waals surface area contributed by atoms with Gasteiger partial charge in [0.05, 0.1) is 10.9 Å². The van der Waals surface area contributed by atoms with Gasteiger partial charge in [0.15, 0.2) is 11.5 Å². The second-order valence-electron chi connectivity index (χ2n) is 11.3. The summed E-state index contributed by atoms with van der Waals surface area (Å²) >= 11 is 0. The van der Waals surface area contributed by atoms with Gasteiger partial charge in [-0.2, -0.15) is 0 Å². The topological polar surface area (TPSA) is 86.5 Å². The van der Waals surface area contributed by atoms with Crippen LogP contribution in [0.4, 0.5) is 0 Å². The van der Waals surface area contributed by atoms with Gasteiger partial charge < -0.3 is 19.3 Å². The fourth-order valence-corrected chi connectivity index (χ4v) is 8.02. The number of benzene rings is 1. The van der Waals surface area contributed by atoms with Gasteiger partial charge in [0.2, 0.25) is 6.79 Å². The summed E-state index contributed by atoms with van der Waals surface area (Å²) in [7, 11) is 0. The van der Waals surface area contributed by atoms with Crippen LogP contribution in [0.5, 0.6) is 11.5 Å². The number of amides is 1. The summed E-state index contributed by atoms with van der Waals surface area (Å²) in [5.41, 5.74) is 3.34. The number of ether oxygens (including phenoxy) is 2. The second kappa shape index (κ2) is 7.70. The van der Waals surface area contributed by atoms with E-state index >= 15 is 0 Å². The third kappa shape index (κ3) is 3.34. The molecule has 0 saturated heterocycles. The lowest BCUT2D eigenvalue weighted by atomic mass is 9.47. The first-order valence-corrected chi connectivity index (χ1v) is 13.0. The molecule has 4 aliphatic carbocycles. The molecule has 1 amide bonds. The zero-order chi connectivity index (χ0) is 23.7. The molecular formula is C28H31N3O4. The molecule has 7 nitrogen and oxygen atoms in total. The van der Waals surface area contributed by atoms with Crippen LogP contribution in [0.1, 0.15) is 67.9 Å². The van der Waals surface area contributed by atoms with E-state index in [2.05, 4.69) is 22.4 Å². The van der Waals surface area contributed by atoms with Crippen molar-refractivity contribution in [3.05, 3.63) is 35.5 Å². The highest BCUT2D eigenvalue weighted by atomic mass is 16.7. The normalized spacial score (nSPS) is 29.0. The molecule has 182 valence electrons. The van der Waals surface area contributed by atoms with Crippen LogP contribution in [0.15, 0.2) is 28.8 Å². The predicted octanol–water partition coefficient (Wildman–Crippen LogP) is 5.65. The number of carbonyl (C=O) groups is 1. The van der Waals surface area contributed by atoms with Crippen molar-refractivity contribution < 1.29 is 18.8 Å². The lowest BCUT2D eigenvalue weighted by molar-refractivity contribution is -0.0727. The summed E-state index contributed by atoms with van der Waals surface area (Å²) in [5.74, 6) is 3.84. The summed E-state index contributed by atoms with van der Waals surface area (Å²) in [6.07, 6.45) is 8.92. The molecule has 1 aromatic carbocycles. The molecule has 3 heterocycles. The van der Waals surface area contributed by atoms with Crippen molar-refractivity contribution in [3.8, 4) is 22.8 Å². The van der Waals surface area contributed by atoms with Crippen LogP contribution in [0.25, 0.3) is 22.4 Å². The predicted molar refractivity (Wildman–Crippen MR) is 130 cm³/mol. The van der Waals surface area contributed by atoms with E-state index in [1.807, 2.05) is 31.2 Å². The highest BCUT2D eigenvalue weighted by molar-refractivity contribution is 6.09. The van der Waals surface area contributed by atoms with Crippen molar-refractivity contribution in [2.75, 3.05) is 6.79 Å². The Bertz CT molecular complexity index is 1290. The Balaban J connectivity index is 1.25. The van der Waals surface area contributed by atoms with Crippen molar-refractivity contribution in [2.24, 2.45) is 23.2 Å². The van der Waals surface area contributed by atoms with Gasteiger partial charge in [-0.1, -0.05) is 12.1 Å². The fourth-order valence-electron chi connectivity index (χ4n) is 8.02. The number of fused-ring (bicyclic) bond motifs is 2. The number of rotatable bonds is 5. The summed E-state index contributed by atoms with van der Waals surface area (Å²) < 4.78 is 16.6. The molecular weight excluding hydrogens is 442 g/mol. The molecule has 0 unspecified atom stereocenters. The Hall–Kier alpha value is -3.09. The van der Waals surface area contributed by atoms with E-state index in [0.717, 1.165) is 35.4 Å². The number of hydrogen-bond acceptors (Lipinski definition) is 6. The molecule has 4 bridgehead atoms. The van der Waals surface area contributed by atoms with E-state index in [-0.39, 0.29) is 24.2 Å². The minimum atomic E-state index is -0.0618. The van der Waals surface area contributed by atoms with Gasteiger partial charge in [-0.05, 0) is 99.3 Å². The highest BCUT2D eigenvalue weighted by Crippen LogP contribution is 2.61. The maximum atomic E-state index is 13.9. The molecule has 4 saturated carbocycles. The van der Waals surface area contributed by atoms with Gasteiger partial charge in [0.25, 0.3) is 11.6 Å². The lowest BCUT2D eigenvalue weighted by Gasteiger charge is -2.59. The molecule has 1 aliphatic heterocycles. The van der Waals surface area contributed by atoms with Gasteiger partial charge in [-0.3, -0.25) is 4.79 Å². The van der Waals surface area contributed by atoms with Crippen molar-refractivity contribution in [1.82, 2.24) is 15.5 Å². The monoisotopic (exact) mass is 473 g/mol. The largest absolute Gasteiger partial charge is 0.454 e. The average molecular weight is 474 g/mol. The first kappa shape index (κ1) is 21.2. The van der Waals surface area contributed by atoms with Crippen LogP contribution in [0, 0.1) is 30.1 Å². The van der Waals surface area contributed by atoms with E-state index < -0.39 is 0 Å². The molecule has 0 radical (unpaired) electrons. The van der Waals surface area contributed by atoms with Gasteiger partial charge in [0.1, 0.15) is 5.69 Å². The maximum absolute atomic E-state index is 13.9. The van der Waals surface area contributed by atoms with Crippen LogP contribution in [0.3, 0.4) is 0 Å². The molecule has 5 aliphatic rings. The molecule has 35 heavy (non-hydrogen) atoms. The van der Waals surface area contributed by atoms with E-state index in [4.69, 9.17) is 14.0 Å². The molecule has 8 rings (SSSR count). The Labute approximate surface area is 204 Å². The molecule has 1 atom stereocenters. The minimum Gasteiger partial charge on any atom is -0.454 e.